The molecule has 3 rings (SSSR count). The van der Waals surface area contributed by atoms with Gasteiger partial charge in [0.05, 0.1) is 6.10 Å². The van der Waals surface area contributed by atoms with Gasteiger partial charge in [-0.2, -0.15) is 0 Å². The minimum absolute atomic E-state index is 0.410. The first kappa shape index (κ1) is 28.2. The van der Waals surface area contributed by atoms with E-state index in [2.05, 4.69) is 0 Å². The van der Waals surface area contributed by atoms with Crippen LogP contribution in [-0.4, -0.2) is 103 Å². The molecule has 0 aromatic carbocycles. The van der Waals surface area contributed by atoms with Crippen molar-refractivity contribution in [2.75, 3.05) is 6.61 Å². The van der Waals surface area contributed by atoms with E-state index in [0.717, 1.165) is 20.8 Å². The van der Waals surface area contributed by atoms with E-state index in [1.807, 2.05) is 0 Å². The summed E-state index contributed by atoms with van der Waals surface area (Å²) < 4.78 is 50.1. The molecule has 3 aliphatic rings. The number of carbonyl (C=O) groups is 4. The Kier molecular flexibility index (Phi) is 9.24. The van der Waals surface area contributed by atoms with Crippen LogP contribution in [-0.2, 0) is 61.8 Å². The zero-order chi connectivity index (χ0) is 26.7. The van der Waals surface area contributed by atoms with Gasteiger partial charge in [-0.05, 0) is 13.8 Å². The van der Waals surface area contributed by atoms with Crippen LogP contribution in [0.15, 0.2) is 0 Å². The summed E-state index contributed by atoms with van der Waals surface area (Å²) in [6, 6.07) is 0. The lowest BCUT2D eigenvalue weighted by Gasteiger charge is -2.47. The third kappa shape index (κ3) is 6.69. The predicted molar refractivity (Wildman–Crippen MR) is 113 cm³/mol. The minimum atomic E-state index is -1.48. The van der Waals surface area contributed by atoms with Crippen molar-refractivity contribution in [3.63, 3.8) is 0 Å². The van der Waals surface area contributed by atoms with Crippen molar-refractivity contribution in [3.8, 4) is 0 Å². The van der Waals surface area contributed by atoms with Crippen LogP contribution in [0.4, 0.5) is 0 Å². The largest absolute Gasteiger partial charge is 0.463 e. The molecule has 1 N–H and O–H groups in total. The topological polar surface area (TPSA) is 172 Å². The molecule has 11 atom stereocenters. The summed E-state index contributed by atoms with van der Waals surface area (Å²) in [7, 11) is 0. The summed E-state index contributed by atoms with van der Waals surface area (Å²) in [5, 5.41) is 10.8. The Bertz CT molecular complexity index is 832. The summed E-state index contributed by atoms with van der Waals surface area (Å²) >= 11 is 0. The molecule has 0 bridgehead atoms. The number of hydrogen-bond donors (Lipinski definition) is 1. The molecule has 0 aliphatic carbocycles. The zero-order valence-corrected chi connectivity index (χ0v) is 20.8. The average molecular weight is 520 g/mol. The van der Waals surface area contributed by atoms with E-state index in [4.69, 9.17) is 42.6 Å². The summed E-state index contributed by atoms with van der Waals surface area (Å²) in [5.41, 5.74) is 0. The fourth-order valence-corrected chi connectivity index (χ4v) is 4.29. The molecule has 3 heterocycles. The van der Waals surface area contributed by atoms with Gasteiger partial charge >= 0.3 is 23.9 Å². The summed E-state index contributed by atoms with van der Waals surface area (Å²) in [6.45, 7) is 7.36. The normalized spacial score (nSPS) is 40.0. The van der Waals surface area contributed by atoms with Gasteiger partial charge in [0.2, 0.25) is 0 Å². The average Bonchev–Trinajstić information content (AvgIpc) is 3.12. The number of esters is 4. The van der Waals surface area contributed by atoms with Crippen molar-refractivity contribution in [2.24, 2.45) is 0 Å². The van der Waals surface area contributed by atoms with E-state index in [-0.39, 0.29) is 0 Å². The number of aliphatic hydroxyl groups is 1. The van der Waals surface area contributed by atoms with Crippen molar-refractivity contribution < 1.29 is 66.9 Å². The molecule has 3 aliphatic heterocycles. The van der Waals surface area contributed by atoms with Gasteiger partial charge in [-0.3, -0.25) is 19.2 Å². The Hall–Kier alpha value is -2.36. The van der Waals surface area contributed by atoms with E-state index in [9.17, 15) is 24.3 Å². The third-order valence-corrected chi connectivity index (χ3v) is 5.67. The first-order valence-electron chi connectivity index (χ1n) is 11.5. The summed E-state index contributed by atoms with van der Waals surface area (Å²) in [4.78, 5) is 47.3. The SMILES string of the molecule is CC(=O)OC[C@H]1O[C@@H](O[C@@H]2[C@@H](O)[C@H](C)O[C@@H]3O[C@@H](C)O[C@@H]32)[C@H](OC(C)=O)[C@@H](OC(C)=O)[C@@H]1OC(C)=O. The van der Waals surface area contributed by atoms with Gasteiger partial charge in [0.25, 0.3) is 0 Å². The maximum atomic E-state index is 12.0. The van der Waals surface area contributed by atoms with Crippen molar-refractivity contribution in [1.82, 2.24) is 0 Å². The van der Waals surface area contributed by atoms with Gasteiger partial charge in [-0.25, -0.2) is 0 Å². The molecule has 204 valence electrons. The zero-order valence-electron chi connectivity index (χ0n) is 20.8. The number of carbonyl (C=O) groups excluding carboxylic acids is 4. The van der Waals surface area contributed by atoms with Crippen LogP contribution in [0, 0.1) is 0 Å². The highest BCUT2D eigenvalue weighted by molar-refractivity contribution is 5.68. The Morgan fingerprint density at radius 3 is 1.89 bits per heavy atom. The number of hydrogen-bond acceptors (Lipinski definition) is 14. The molecule has 3 fully saturated rings. The van der Waals surface area contributed by atoms with E-state index >= 15 is 0 Å². The molecule has 14 heteroatoms. The Balaban J connectivity index is 1.97. The van der Waals surface area contributed by atoms with Gasteiger partial charge in [-0.1, -0.05) is 0 Å². The van der Waals surface area contributed by atoms with E-state index in [1.54, 1.807) is 13.8 Å². The van der Waals surface area contributed by atoms with Crippen LogP contribution >= 0.6 is 0 Å². The molecule has 0 saturated carbocycles. The molecule has 0 aromatic heterocycles. The number of aliphatic hydroxyl groups excluding tert-OH is 1. The van der Waals surface area contributed by atoms with Gasteiger partial charge in [-0.15, -0.1) is 0 Å². The van der Waals surface area contributed by atoms with Crippen LogP contribution in [0.5, 0.6) is 0 Å². The molecule has 3 saturated heterocycles. The van der Waals surface area contributed by atoms with Gasteiger partial charge in [0, 0.05) is 27.7 Å². The van der Waals surface area contributed by atoms with Crippen LogP contribution in [0.3, 0.4) is 0 Å². The van der Waals surface area contributed by atoms with Gasteiger partial charge < -0.3 is 47.7 Å². The molecular weight excluding hydrogens is 488 g/mol. The number of fused-ring (bicyclic) bond motifs is 1. The van der Waals surface area contributed by atoms with Crippen molar-refractivity contribution in [3.05, 3.63) is 0 Å². The van der Waals surface area contributed by atoms with Crippen molar-refractivity contribution in [2.45, 2.75) is 109 Å². The Morgan fingerprint density at radius 2 is 1.31 bits per heavy atom. The molecule has 0 unspecified atom stereocenters. The molecule has 36 heavy (non-hydrogen) atoms. The lowest BCUT2D eigenvalue weighted by molar-refractivity contribution is -0.344. The quantitative estimate of drug-likeness (QED) is 0.330. The molecular formula is C22H32O14. The highest BCUT2D eigenvalue weighted by Gasteiger charge is 2.57. The van der Waals surface area contributed by atoms with Crippen molar-refractivity contribution in [1.29, 1.82) is 0 Å². The van der Waals surface area contributed by atoms with Crippen LogP contribution in [0.25, 0.3) is 0 Å². The smallest absolute Gasteiger partial charge is 0.303 e. The predicted octanol–water partition coefficient (Wildman–Crippen LogP) is -0.678. The molecule has 14 nitrogen and oxygen atoms in total. The standard InChI is InChI=1S/C22H32O14/c1-8-15(27)17(19-21(29-8)34-13(6)33-19)36-22-20(32-12(5)26)18(31-11(4)25)16(30-10(3)24)14(35-22)7-28-9(2)23/h8,13-22,27H,7H2,1-6H3/t8-,13-,14+,15-,16+,17+,18-,19+,20+,21+,22-/m0/s1. The fourth-order valence-electron chi connectivity index (χ4n) is 4.29. The van der Waals surface area contributed by atoms with Crippen LogP contribution in [0.1, 0.15) is 41.5 Å². The summed E-state index contributed by atoms with van der Waals surface area (Å²) in [6.07, 6.45) is -12.3. The Labute approximate surface area is 207 Å². The Morgan fingerprint density at radius 1 is 0.722 bits per heavy atom. The van der Waals surface area contributed by atoms with Gasteiger partial charge in [0.15, 0.2) is 37.2 Å². The monoisotopic (exact) mass is 520 g/mol. The van der Waals surface area contributed by atoms with Gasteiger partial charge in [0.1, 0.15) is 31.0 Å². The maximum Gasteiger partial charge on any atom is 0.303 e. The van der Waals surface area contributed by atoms with Crippen LogP contribution < -0.4 is 0 Å². The minimum Gasteiger partial charge on any atom is -0.463 e. The third-order valence-electron chi connectivity index (χ3n) is 5.67. The number of ether oxygens (including phenoxy) is 9. The van der Waals surface area contributed by atoms with E-state index < -0.39 is 98.2 Å². The van der Waals surface area contributed by atoms with Crippen molar-refractivity contribution >= 4 is 23.9 Å². The molecule has 0 spiro atoms. The molecule has 0 aromatic rings. The fraction of sp³-hybridized carbons (Fsp3) is 0.818. The number of rotatable bonds is 7. The second-order valence-corrected chi connectivity index (χ2v) is 8.67. The first-order valence-corrected chi connectivity index (χ1v) is 11.5. The summed E-state index contributed by atoms with van der Waals surface area (Å²) in [5.74, 6) is -2.95. The van der Waals surface area contributed by atoms with Crippen LogP contribution in [0.2, 0.25) is 0 Å². The highest BCUT2D eigenvalue weighted by atomic mass is 16.8. The first-order chi connectivity index (χ1) is 16.9. The lowest BCUT2D eigenvalue weighted by atomic mass is 9.96. The molecule has 0 amide bonds. The lowest BCUT2D eigenvalue weighted by Crippen LogP contribution is -2.65. The second-order valence-electron chi connectivity index (χ2n) is 8.67. The second kappa shape index (κ2) is 11.8. The van der Waals surface area contributed by atoms with E-state index in [1.165, 1.54) is 6.92 Å². The molecule has 0 radical (unpaired) electrons. The highest BCUT2D eigenvalue weighted by Crippen LogP contribution is 2.36. The van der Waals surface area contributed by atoms with E-state index in [0.29, 0.717) is 0 Å². The maximum absolute atomic E-state index is 12.0.